The van der Waals surface area contributed by atoms with Gasteiger partial charge in [0, 0.05) is 24.8 Å². The molecule has 3 N–H and O–H groups in total. The SMILES string of the molecule is CCOc1cc(CCNc2ncc(C#N)c(N[C@H]3CC[C@@H](O)CC3)n2)ccn1. The molecule has 8 nitrogen and oxygen atoms in total. The molecule has 1 saturated carbocycles. The maximum absolute atomic E-state index is 9.65. The molecule has 28 heavy (non-hydrogen) atoms. The molecular formula is C20H26N6O2. The number of anilines is 2. The molecule has 2 aromatic rings. The molecule has 3 rings (SSSR count). The van der Waals surface area contributed by atoms with Crippen molar-refractivity contribution < 1.29 is 9.84 Å². The zero-order valence-corrected chi connectivity index (χ0v) is 16.1. The number of nitrogens with one attached hydrogen (secondary N) is 2. The van der Waals surface area contributed by atoms with Crippen molar-refractivity contribution in [1.82, 2.24) is 15.0 Å². The Morgan fingerprint density at radius 1 is 1.29 bits per heavy atom. The second kappa shape index (κ2) is 9.85. The van der Waals surface area contributed by atoms with Gasteiger partial charge in [-0.3, -0.25) is 0 Å². The van der Waals surface area contributed by atoms with E-state index in [4.69, 9.17) is 4.74 Å². The monoisotopic (exact) mass is 382 g/mol. The predicted octanol–water partition coefficient (Wildman–Crippen LogP) is 2.51. The number of aromatic nitrogens is 3. The van der Waals surface area contributed by atoms with Gasteiger partial charge in [-0.25, -0.2) is 9.97 Å². The summed E-state index contributed by atoms with van der Waals surface area (Å²) in [4.78, 5) is 12.9. The fourth-order valence-electron chi connectivity index (χ4n) is 3.22. The first-order valence-electron chi connectivity index (χ1n) is 9.71. The number of hydrogen-bond donors (Lipinski definition) is 3. The van der Waals surface area contributed by atoms with Crippen molar-refractivity contribution in [1.29, 1.82) is 5.26 Å². The summed E-state index contributed by atoms with van der Waals surface area (Å²) in [7, 11) is 0. The molecule has 8 heteroatoms. The standard InChI is InChI=1S/C20H26N6O2/c1-2-28-18-11-14(7-9-22-18)8-10-23-20-24-13-15(12-21)19(26-20)25-16-3-5-17(27)6-4-16/h7,9,11,13,16-17,27H,2-6,8,10H2,1H3,(H2,23,24,25,26)/t16-,17+. The highest BCUT2D eigenvalue weighted by atomic mass is 16.5. The lowest BCUT2D eigenvalue weighted by Crippen LogP contribution is -2.29. The fraction of sp³-hybridized carbons (Fsp3) is 0.500. The van der Waals surface area contributed by atoms with Crippen LogP contribution < -0.4 is 15.4 Å². The lowest BCUT2D eigenvalue weighted by Gasteiger charge is -2.26. The Balaban J connectivity index is 1.58. The molecule has 0 radical (unpaired) electrons. The van der Waals surface area contributed by atoms with Crippen LogP contribution in [0.4, 0.5) is 11.8 Å². The zero-order valence-electron chi connectivity index (χ0n) is 16.1. The molecular weight excluding hydrogens is 356 g/mol. The summed E-state index contributed by atoms with van der Waals surface area (Å²) >= 11 is 0. The molecule has 0 aliphatic heterocycles. The van der Waals surface area contributed by atoms with Gasteiger partial charge in [0.05, 0.1) is 18.9 Å². The van der Waals surface area contributed by atoms with Crippen LogP contribution in [-0.2, 0) is 6.42 Å². The smallest absolute Gasteiger partial charge is 0.224 e. The lowest BCUT2D eigenvalue weighted by molar-refractivity contribution is 0.126. The van der Waals surface area contributed by atoms with Gasteiger partial charge in [0.1, 0.15) is 17.5 Å². The average molecular weight is 382 g/mol. The maximum atomic E-state index is 9.65. The van der Waals surface area contributed by atoms with Gasteiger partial charge < -0.3 is 20.5 Å². The molecule has 2 aromatic heterocycles. The molecule has 1 aliphatic carbocycles. The molecule has 148 valence electrons. The summed E-state index contributed by atoms with van der Waals surface area (Å²) in [6, 6.07) is 6.23. The Morgan fingerprint density at radius 2 is 2.11 bits per heavy atom. The predicted molar refractivity (Wildman–Crippen MR) is 106 cm³/mol. The van der Waals surface area contributed by atoms with Gasteiger partial charge in [-0.1, -0.05) is 0 Å². The Bertz CT molecular complexity index is 815. The van der Waals surface area contributed by atoms with Crippen molar-refractivity contribution in [3.8, 4) is 11.9 Å². The number of nitrogens with zero attached hydrogens (tertiary/aromatic N) is 4. The second-order valence-electron chi connectivity index (χ2n) is 6.83. The molecule has 0 spiro atoms. The average Bonchev–Trinajstić information content (AvgIpc) is 2.71. The highest BCUT2D eigenvalue weighted by Gasteiger charge is 2.20. The van der Waals surface area contributed by atoms with Gasteiger partial charge in [0.25, 0.3) is 0 Å². The second-order valence-corrected chi connectivity index (χ2v) is 6.83. The lowest BCUT2D eigenvalue weighted by atomic mass is 9.93. The summed E-state index contributed by atoms with van der Waals surface area (Å²) < 4.78 is 5.42. The van der Waals surface area contributed by atoms with E-state index in [-0.39, 0.29) is 12.1 Å². The minimum atomic E-state index is -0.215. The van der Waals surface area contributed by atoms with Crippen LogP contribution in [0.15, 0.2) is 24.5 Å². The minimum Gasteiger partial charge on any atom is -0.478 e. The van der Waals surface area contributed by atoms with E-state index in [0.717, 1.165) is 37.7 Å². The normalized spacial score (nSPS) is 18.9. The summed E-state index contributed by atoms with van der Waals surface area (Å²) in [5.41, 5.74) is 1.53. The third-order valence-electron chi connectivity index (χ3n) is 4.74. The van der Waals surface area contributed by atoms with Crippen LogP contribution in [0, 0.1) is 11.3 Å². The van der Waals surface area contributed by atoms with Crippen LogP contribution in [0.2, 0.25) is 0 Å². The van der Waals surface area contributed by atoms with E-state index in [1.807, 2.05) is 19.1 Å². The highest BCUT2D eigenvalue weighted by Crippen LogP contribution is 2.23. The summed E-state index contributed by atoms with van der Waals surface area (Å²) in [6.45, 7) is 3.17. The van der Waals surface area contributed by atoms with Gasteiger partial charge in [-0.15, -0.1) is 0 Å². The van der Waals surface area contributed by atoms with Crippen LogP contribution in [0.3, 0.4) is 0 Å². The zero-order chi connectivity index (χ0) is 19.8. The van der Waals surface area contributed by atoms with Crippen LogP contribution in [0.5, 0.6) is 5.88 Å². The number of hydrogen-bond acceptors (Lipinski definition) is 8. The van der Waals surface area contributed by atoms with E-state index < -0.39 is 0 Å². The number of rotatable bonds is 8. The Morgan fingerprint density at radius 3 is 2.86 bits per heavy atom. The van der Waals surface area contributed by atoms with E-state index in [1.165, 1.54) is 6.20 Å². The Labute approximate surface area is 165 Å². The summed E-state index contributed by atoms with van der Waals surface area (Å²) in [5, 5.41) is 25.5. The molecule has 0 aromatic carbocycles. The van der Waals surface area contributed by atoms with Gasteiger partial charge >= 0.3 is 0 Å². The molecule has 1 aliphatic rings. The molecule has 0 atom stereocenters. The van der Waals surface area contributed by atoms with Crippen LogP contribution in [0.25, 0.3) is 0 Å². The van der Waals surface area contributed by atoms with Crippen LogP contribution in [-0.4, -0.2) is 45.4 Å². The van der Waals surface area contributed by atoms with E-state index in [1.54, 1.807) is 6.20 Å². The fourth-order valence-corrected chi connectivity index (χ4v) is 3.22. The van der Waals surface area contributed by atoms with E-state index in [9.17, 15) is 10.4 Å². The van der Waals surface area contributed by atoms with Crippen LogP contribution in [0.1, 0.15) is 43.7 Å². The van der Waals surface area contributed by atoms with E-state index in [2.05, 4.69) is 31.7 Å². The third kappa shape index (κ3) is 5.54. The third-order valence-corrected chi connectivity index (χ3v) is 4.74. The van der Waals surface area contributed by atoms with Crippen molar-refractivity contribution in [2.75, 3.05) is 23.8 Å². The largest absolute Gasteiger partial charge is 0.478 e. The van der Waals surface area contributed by atoms with Gasteiger partial charge in [0.15, 0.2) is 0 Å². The van der Waals surface area contributed by atoms with Crippen molar-refractivity contribution in [2.45, 2.75) is 51.2 Å². The molecule has 1 fully saturated rings. The summed E-state index contributed by atoms with van der Waals surface area (Å²) in [5.74, 6) is 1.65. The first kappa shape index (κ1) is 19.8. The van der Waals surface area contributed by atoms with Crippen LogP contribution >= 0.6 is 0 Å². The van der Waals surface area contributed by atoms with Crippen molar-refractivity contribution >= 4 is 11.8 Å². The van der Waals surface area contributed by atoms with Gasteiger partial charge in [-0.2, -0.15) is 10.2 Å². The molecule has 0 unspecified atom stereocenters. The first-order chi connectivity index (χ1) is 13.7. The van der Waals surface area contributed by atoms with E-state index in [0.29, 0.717) is 36.4 Å². The van der Waals surface area contributed by atoms with Crippen molar-refractivity contribution in [2.24, 2.45) is 0 Å². The molecule has 0 bridgehead atoms. The summed E-state index contributed by atoms with van der Waals surface area (Å²) in [6.07, 6.45) is 7.10. The minimum absolute atomic E-state index is 0.215. The van der Waals surface area contributed by atoms with Crippen molar-refractivity contribution in [3.63, 3.8) is 0 Å². The molecule has 2 heterocycles. The number of pyridine rings is 1. The first-order valence-corrected chi connectivity index (χ1v) is 9.71. The quantitative estimate of drug-likeness (QED) is 0.638. The highest BCUT2D eigenvalue weighted by molar-refractivity contribution is 5.54. The number of aliphatic hydroxyl groups is 1. The van der Waals surface area contributed by atoms with Crippen molar-refractivity contribution in [3.05, 3.63) is 35.7 Å². The topological polar surface area (TPSA) is 116 Å². The van der Waals surface area contributed by atoms with E-state index >= 15 is 0 Å². The Hall–Kier alpha value is -2.92. The maximum Gasteiger partial charge on any atom is 0.224 e. The molecule has 0 amide bonds. The number of nitriles is 1. The number of ether oxygens (including phenoxy) is 1. The Kier molecular flexibility index (Phi) is 6.98. The molecule has 0 saturated heterocycles. The van der Waals surface area contributed by atoms with Gasteiger partial charge in [0.2, 0.25) is 11.8 Å². The van der Waals surface area contributed by atoms with Gasteiger partial charge in [-0.05, 0) is 50.7 Å². The number of aliphatic hydroxyl groups excluding tert-OH is 1.